The van der Waals surface area contributed by atoms with Crippen LogP contribution < -0.4 is 5.32 Å². The molecule has 0 aliphatic heterocycles. The number of benzene rings is 2. The maximum absolute atomic E-state index is 12.1. The first-order valence-corrected chi connectivity index (χ1v) is 9.48. The summed E-state index contributed by atoms with van der Waals surface area (Å²) in [7, 11) is 0. The minimum Gasteiger partial charge on any atom is -0.431 e. The molecule has 27 heavy (non-hydrogen) atoms. The van der Waals surface area contributed by atoms with Gasteiger partial charge in [-0.3, -0.25) is 9.59 Å². The third kappa shape index (κ3) is 4.86. The number of carbonyl (C=O) groups excluding carboxylic acids is 2. The maximum Gasteiger partial charge on any atom is 0.256 e. The fourth-order valence-corrected chi connectivity index (χ4v) is 3.07. The molecule has 138 valence electrons. The summed E-state index contributed by atoms with van der Waals surface area (Å²) >= 11 is 1.23. The molecule has 0 radical (unpaired) electrons. The molecule has 0 bridgehead atoms. The zero-order chi connectivity index (χ0) is 19.4. The van der Waals surface area contributed by atoms with E-state index in [1.807, 2.05) is 12.1 Å². The molecule has 0 atom stereocenters. The van der Waals surface area contributed by atoms with Gasteiger partial charge in [0.05, 0.1) is 11.9 Å². The van der Waals surface area contributed by atoms with E-state index in [9.17, 15) is 9.59 Å². The van der Waals surface area contributed by atoms with Gasteiger partial charge < -0.3 is 9.73 Å². The highest BCUT2D eigenvalue weighted by molar-refractivity contribution is 7.99. The van der Waals surface area contributed by atoms with Gasteiger partial charge in [-0.1, -0.05) is 23.9 Å². The average molecular weight is 380 g/mol. The Morgan fingerprint density at radius 3 is 2.48 bits per heavy atom. The van der Waals surface area contributed by atoms with E-state index in [-0.39, 0.29) is 17.4 Å². The van der Waals surface area contributed by atoms with Crippen LogP contribution >= 0.6 is 11.8 Å². The first-order valence-electron chi connectivity index (χ1n) is 8.49. The van der Waals surface area contributed by atoms with Crippen molar-refractivity contribution in [2.75, 3.05) is 11.1 Å². The number of nitrogens with zero attached hydrogens (tertiary/aromatic N) is 1. The predicted octanol–water partition coefficient (Wildman–Crippen LogP) is 4.89. The van der Waals surface area contributed by atoms with Crippen molar-refractivity contribution in [1.29, 1.82) is 0 Å². The molecule has 0 saturated carbocycles. The Morgan fingerprint density at radius 2 is 1.81 bits per heavy atom. The first kappa shape index (κ1) is 18.9. The fourth-order valence-electron chi connectivity index (χ4n) is 2.47. The summed E-state index contributed by atoms with van der Waals surface area (Å²) in [6, 6.07) is 12.9. The van der Waals surface area contributed by atoms with Gasteiger partial charge in [-0.15, -0.1) is 0 Å². The molecular weight excluding hydrogens is 360 g/mol. The number of thioether (sulfide) groups is 1. The summed E-state index contributed by atoms with van der Waals surface area (Å²) in [5, 5.41) is 3.24. The molecule has 2 aromatic carbocycles. The smallest absolute Gasteiger partial charge is 0.256 e. The van der Waals surface area contributed by atoms with Crippen LogP contribution in [-0.4, -0.2) is 22.4 Å². The van der Waals surface area contributed by atoms with Crippen LogP contribution in [0.3, 0.4) is 0 Å². The third-order valence-corrected chi connectivity index (χ3v) is 5.02. The first-order chi connectivity index (χ1) is 12.9. The largest absolute Gasteiger partial charge is 0.431 e. The second-order valence-corrected chi connectivity index (χ2v) is 7.19. The molecule has 0 unspecified atom stereocenters. The molecule has 1 N–H and O–H groups in total. The number of nitrogens with one attached hydrogen (secondary N) is 1. The van der Waals surface area contributed by atoms with Crippen LogP contribution in [0.2, 0.25) is 0 Å². The van der Waals surface area contributed by atoms with Crippen LogP contribution in [0.5, 0.6) is 0 Å². The Labute approximate surface area is 162 Å². The van der Waals surface area contributed by atoms with E-state index in [2.05, 4.69) is 30.2 Å². The SMILES string of the molecule is CC(=O)c1ccc(NC(=O)CSc2ncc(-c3ccc(C)c(C)c3)o2)cc1. The van der Waals surface area contributed by atoms with E-state index in [1.165, 1.54) is 29.8 Å². The number of carbonyl (C=O) groups is 2. The second kappa shape index (κ2) is 8.22. The lowest BCUT2D eigenvalue weighted by molar-refractivity contribution is -0.113. The molecule has 6 heteroatoms. The normalized spacial score (nSPS) is 10.6. The van der Waals surface area contributed by atoms with Crippen molar-refractivity contribution in [1.82, 2.24) is 4.98 Å². The fraction of sp³-hybridized carbons (Fsp3) is 0.190. The third-order valence-electron chi connectivity index (χ3n) is 4.18. The summed E-state index contributed by atoms with van der Waals surface area (Å²) in [6.45, 7) is 5.62. The molecule has 3 rings (SSSR count). The highest BCUT2D eigenvalue weighted by Gasteiger charge is 2.11. The lowest BCUT2D eigenvalue weighted by Gasteiger charge is -2.04. The Morgan fingerprint density at radius 1 is 1.07 bits per heavy atom. The lowest BCUT2D eigenvalue weighted by atomic mass is 10.1. The Balaban J connectivity index is 1.57. The number of rotatable bonds is 6. The molecule has 1 heterocycles. The molecule has 5 nitrogen and oxygen atoms in total. The lowest BCUT2D eigenvalue weighted by Crippen LogP contribution is -2.14. The molecule has 1 aromatic heterocycles. The maximum atomic E-state index is 12.1. The van der Waals surface area contributed by atoms with E-state index in [0.717, 1.165) is 5.56 Å². The number of aryl methyl sites for hydroxylation is 2. The van der Waals surface area contributed by atoms with Crippen molar-refractivity contribution in [2.24, 2.45) is 0 Å². The van der Waals surface area contributed by atoms with Gasteiger partial charge in [-0.25, -0.2) is 4.98 Å². The van der Waals surface area contributed by atoms with Gasteiger partial charge in [0.2, 0.25) is 5.91 Å². The molecule has 3 aromatic rings. The van der Waals surface area contributed by atoms with Gasteiger partial charge in [-0.2, -0.15) is 0 Å². The molecule has 1 amide bonds. The summed E-state index contributed by atoms with van der Waals surface area (Å²) in [6.07, 6.45) is 1.67. The molecular formula is C21H20N2O3S. The van der Waals surface area contributed by atoms with Crippen LogP contribution in [0.25, 0.3) is 11.3 Å². The monoisotopic (exact) mass is 380 g/mol. The zero-order valence-electron chi connectivity index (χ0n) is 15.4. The van der Waals surface area contributed by atoms with Crippen LogP contribution in [0.1, 0.15) is 28.4 Å². The summed E-state index contributed by atoms with van der Waals surface area (Å²) in [4.78, 5) is 27.6. The molecule has 0 aliphatic carbocycles. The number of amides is 1. The van der Waals surface area contributed by atoms with Gasteiger partial charge in [0.15, 0.2) is 11.5 Å². The number of hydrogen-bond donors (Lipinski definition) is 1. The van der Waals surface area contributed by atoms with E-state index in [4.69, 9.17) is 4.42 Å². The van der Waals surface area contributed by atoms with Crippen molar-refractivity contribution < 1.29 is 14.0 Å². The van der Waals surface area contributed by atoms with Gasteiger partial charge >= 0.3 is 0 Å². The Kier molecular flexibility index (Phi) is 5.76. The van der Waals surface area contributed by atoms with E-state index in [0.29, 0.717) is 22.2 Å². The van der Waals surface area contributed by atoms with Crippen LogP contribution in [0.4, 0.5) is 5.69 Å². The number of Topliss-reactive ketones (excluding diaryl/α,β-unsaturated/α-hetero) is 1. The second-order valence-electron chi connectivity index (χ2n) is 6.26. The van der Waals surface area contributed by atoms with Gasteiger partial charge in [0.25, 0.3) is 5.22 Å². The molecule has 0 fully saturated rings. The minimum atomic E-state index is -0.165. The van der Waals surface area contributed by atoms with Crippen molar-refractivity contribution in [3.63, 3.8) is 0 Å². The van der Waals surface area contributed by atoms with Gasteiger partial charge in [0, 0.05) is 16.8 Å². The number of oxazole rings is 1. The zero-order valence-corrected chi connectivity index (χ0v) is 16.2. The number of hydrogen-bond acceptors (Lipinski definition) is 5. The van der Waals surface area contributed by atoms with Crippen LogP contribution in [0.15, 0.2) is 58.3 Å². The van der Waals surface area contributed by atoms with Gasteiger partial charge in [-0.05, 0) is 62.2 Å². The van der Waals surface area contributed by atoms with E-state index < -0.39 is 0 Å². The quantitative estimate of drug-likeness (QED) is 0.487. The predicted molar refractivity (Wildman–Crippen MR) is 107 cm³/mol. The summed E-state index contributed by atoms with van der Waals surface area (Å²) < 4.78 is 5.74. The standard InChI is InChI=1S/C21H20N2O3S/c1-13-4-5-17(10-14(13)2)19-11-22-21(26-19)27-12-20(25)23-18-8-6-16(7-9-18)15(3)24/h4-11H,12H2,1-3H3,(H,23,25). The topological polar surface area (TPSA) is 72.2 Å². The Hall–Kier alpha value is -2.86. The highest BCUT2D eigenvalue weighted by atomic mass is 32.2. The van der Waals surface area contributed by atoms with Crippen LogP contribution in [-0.2, 0) is 4.79 Å². The minimum absolute atomic E-state index is 0.00750. The van der Waals surface area contributed by atoms with Crippen molar-refractivity contribution in [3.05, 3.63) is 65.4 Å². The number of anilines is 1. The molecule has 0 spiro atoms. The van der Waals surface area contributed by atoms with Crippen molar-refractivity contribution >= 4 is 29.1 Å². The van der Waals surface area contributed by atoms with Crippen molar-refractivity contribution in [2.45, 2.75) is 26.0 Å². The molecule has 0 aliphatic rings. The highest BCUT2D eigenvalue weighted by Crippen LogP contribution is 2.27. The van der Waals surface area contributed by atoms with Crippen molar-refractivity contribution in [3.8, 4) is 11.3 Å². The summed E-state index contributed by atoms with van der Waals surface area (Å²) in [5.41, 5.74) is 4.64. The van der Waals surface area contributed by atoms with E-state index in [1.54, 1.807) is 30.5 Å². The average Bonchev–Trinajstić information content (AvgIpc) is 3.12. The number of ketones is 1. The van der Waals surface area contributed by atoms with Gasteiger partial charge in [0.1, 0.15) is 0 Å². The number of aromatic nitrogens is 1. The van der Waals surface area contributed by atoms with E-state index >= 15 is 0 Å². The van der Waals surface area contributed by atoms with Crippen LogP contribution in [0, 0.1) is 13.8 Å². The Bertz CT molecular complexity index is 977. The molecule has 0 saturated heterocycles. The summed E-state index contributed by atoms with van der Waals surface area (Å²) in [5.74, 6) is 0.690.